The molecule has 3 aliphatic rings. The zero-order valence-electron chi connectivity index (χ0n) is 10.8. The van der Waals surface area contributed by atoms with Gasteiger partial charge in [0.1, 0.15) is 0 Å². The van der Waals surface area contributed by atoms with Crippen LogP contribution in [0.5, 0.6) is 0 Å². The zero-order chi connectivity index (χ0) is 12.8. The zero-order valence-corrected chi connectivity index (χ0v) is 10.8. The molecule has 2 bridgehead atoms. The van der Waals surface area contributed by atoms with Gasteiger partial charge in [-0.15, -0.1) is 0 Å². The van der Waals surface area contributed by atoms with Crippen molar-refractivity contribution in [3.05, 3.63) is 0 Å². The molecule has 0 heterocycles. The molecule has 4 nitrogen and oxygen atoms in total. The molecule has 0 spiro atoms. The van der Waals surface area contributed by atoms with Gasteiger partial charge in [-0.2, -0.15) is 0 Å². The van der Waals surface area contributed by atoms with E-state index in [-0.39, 0.29) is 23.9 Å². The van der Waals surface area contributed by atoms with Gasteiger partial charge in [0.25, 0.3) is 0 Å². The average Bonchev–Trinajstić information content (AvgIpc) is 2.21. The van der Waals surface area contributed by atoms with E-state index in [1.165, 1.54) is 6.92 Å². The molecule has 4 heteroatoms. The summed E-state index contributed by atoms with van der Waals surface area (Å²) in [6.07, 6.45) is 1.27. The van der Waals surface area contributed by atoms with Crippen LogP contribution in [0.3, 0.4) is 0 Å². The molecular formula is C13H22O4. The van der Waals surface area contributed by atoms with E-state index in [1.54, 1.807) is 0 Å². The van der Waals surface area contributed by atoms with Gasteiger partial charge in [-0.05, 0) is 30.1 Å². The number of esters is 1. The van der Waals surface area contributed by atoms with Crippen LogP contribution in [-0.2, 0) is 9.53 Å². The molecule has 0 radical (unpaired) electrons. The molecule has 3 unspecified atom stereocenters. The molecule has 0 saturated heterocycles. The van der Waals surface area contributed by atoms with Gasteiger partial charge in [0.2, 0.25) is 0 Å². The fourth-order valence-corrected chi connectivity index (χ4v) is 3.67. The minimum atomic E-state index is -1.09. The first-order valence-electron chi connectivity index (χ1n) is 6.32. The van der Waals surface area contributed by atoms with Gasteiger partial charge >= 0.3 is 5.97 Å². The summed E-state index contributed by atoms with van der Waals surface area (Å²) in [5, 5.41) is 20.7. The molecule has 3 saturated carbocycles. The van der Waals surface area contributed by atoms with E-state index in [1.807, 2.05) is 0 Å². The van der Waals surface area contributed by atoms with E-state index in [4.69, 9.17) is 4.74 Å². The Labute approximate surface area is 102 Å². The third kappa shape index (κ3) is 1.87. The Morgan fingerprint density at radius 1 is 1.41 bits per heavy atom. The number of ether oxygens (including phenoxy) is 1. The number of fused-ring (bicyclic) bond motifs is 2. The van der Waals surface area contributed by atoms with Crippen molar-refractivity contribution in [1.82, 2.24) is 0 Å². The number of hydrogen-bond donors (Lipinski definition) is 2. The maximum Gasteiger partial charge on any atom is 0.302 e. The second-order valence-corrected chi connectivity index (χ2v) is 6.14. The fourth-order valence-electron chi connectivity index (χ4n) is 3.67. The molecule has 0 aromatic heterocycles. The number of carbonyl (C=O) groups excluding carboxylic acids is 1. The van der Waals surface area contributed by atoms with E-state index >= 15 is 0 Å². The topological polar surface area (TPSA) is 66.8 Å². The van der Waals surface area contributed by atoms with Crippen molar-refractivity contribution < 1.29 is 19.7 Å². The van der Waals surface area contributed by atoms with Gasteiger partial charge in [0, 0.05) is 13.3 Å². The van der Waals surface area contributed by atoms with Crippen LogP contribution in [0, 0.1) is 17.3 Å². The minimum Gasteiger partial charge on any atom is -0.466 e. The lowest BCUT2D eigenvalue weighted by Gasteiger charge is -2.65. The second kappa shape index (κ2) is 3.95. The third-order valence-electron chi connectivity index (χ3n) is 4.97. The van der Waals surface area contributed by atoms with Crippen LogP contribution < -0.4 is 0 Å². The van der Waals surface area contributed by atoms with Crippen molar-refractivity contribution in [2.75, 3.05) is 6.61 Å². The van der Waals surface area contributed by atoms with E-state index in [9.17, 15) is 15.0 Å². The van der Waals surface area contributed by atoms with E-state index in [0.29, 0.717) is 18.8 Å². The Balaban J connectivity index is 2.03. The Morgan fingerprint density at radius 3 is 2.59 bits per heavy atom. The molecule has 0 amide bonds. The first-order valence-corrected chi connectivity index (χ1v) is 6.32. The number of carbonyl (C=O) groups is 1. The van der Waals surface area contributed by atoms with Crippen LogP contribution in [0.25, 0.3) is 0 Å². The summed E-state index contributed by atoms with van der Waals surface area (Å²) < 4.78 is 4.88. The van der Waals surface area contributed by atoms with E-state index in [0.717, 1.165) is 6.42 Å². The maximum absolute atomic E-state index is 10.7. The predicted molar refractivity (Wildman–Crippen MR) is 62.2 cm³/mol. The predicted octanol–water partition coefficient (Wildman–Crippen LogP) is 1.10. The van der Waals surface area contributed by atoms with Gasteiger partial charge in [-0.25, -0.2) is 0 Å². The van der Waals surface area contributed by atoms with Crippen molar-refractivity contribution in [1.29, 1.82) is 0 Å². The summed E-state index contributed by atoms with van der Waals surface area (Å²) in [6, 6.07) is 0. The number of aliphatic hydroxyl groups excluding tert-OH is 1. The Hall–Kier alpha value is -0.610. The highest BCUT2D eigenvalue weighted by Gasteiger charge is 2.64. The summed E-state index contributed by atoms with van der Waals surface area (Å²) in [6.45, 7) is 5.83. The standard InChI is InChI=1S/C13H22O4/c1-8(14)17-5-4-13(16)10-6-9(7-11(13)15)12(10,2)3/h9-11,15-16H,4-7H2,1-3H3/t9?,10?,11?,13-/m1/s1. The monoisotopic (exact) mass is 242 g/mol. The molecule has 4 atom stereocenters. The number of hydrogen-bond acceptors (Lipinski definition) is 4. The number of aliphatic hydroxyl groups is 2. The summed E-state index contributed by atoms with van der Waals surface area (Å²) in [5.74, 6) is 0.278. The van der Waals surface area contributed by atoms with Crippen LogP contribution in [0.4, 0.5) is 0 Å². The van der Waals surface area contributed by atoms with Crippen molar-refractivity contribution in [3.8, 4) is 0 Å². The van der Waals surface area contributed by atoms with E-state index < -0.39 is 11.7 Å². The lowest BCUT2D eigenvalue weighted by molar-refractivity contribution is -0.258. The van der Waals surface area contributed by atoms with Crippen molar-refractivity contribution in [2.45, 2.75) is 51.7 Å². The van der Waals surface area contributed by atoms with Gasteiger partial charge in [0.15, 0.2) is 0 Å². The Bertz CT molecular complexity index is 325. The highest BCUT2D eigenvalue weighted by atomic mass is 16.5. The molecule has 3 aliphatic carbocycles. The van der Waals surface area contributed by atoms with Crippen LogP contribution in [0.1, 0.15) is 40.0 Å². The van der Waals surface area contributed by atoms with E-state index in [2.05, 4.69) is 13.8 Å². The Kier molecular flexibility index (Phi) is 2.99. The Morgan fingerprint density at radius 2 is 2.06 bits per heavy atom. The quantitative estimate of drug-likeness (QED) is 0.727. The lowest BCUT2D eigenvalue weighted by Crippen LogP contribution is -2.67. The van der Waals surface area contributed by atoms with Crippen molar-refractivity contribution in [3.63, 3.8) is 0 Å². The van der Waals surface area contributed by atoms with Crippen LogP contribution in [0.15, 0.2) is 0 Å². The first kappa shape index (κ1) is 12.8. The van der Waals surface area contributed by atoms with Crippen molar-refractivity contribution in [2.24, 2.45) is 17.3 Å². The fraction of sp³-hybridized carbons (Fsp3) is 0.923. The molecule has 2 N–H and O–H groups in total. The third-order valence-corrected chi connectivity index (χ3v) is 4.97. The minimum absolute atomic E-state index is 0.0875. The van der Waals surface area contributed by atoms with Gasteiger partial charge in [-0.3, -0.25) is 4.79 Å². The molecule has 0 aromatic rings. The molecule has 3 rings (SSSR count). The maximum atomic E-state index is 10.7. The molecule has 17 heavy (non-hydrogen) atoms. The summed E-state index contributed by atoms with van der Waals surface area (Å²) in [7, 11) is 0. The highest BCUT2D eigenvalue weighted by Crippen LogP contribution is 2.63. The largest absolute Gasteiger partial charge is 0.466 e. The SMILES string of the molecule is CC(=O)OCC[C@]1(O)C(O)CC2CC1C2(C)C. The average molecular weight is 242 g/mol. The van der Waals surface area contributed by atoms with Gasteiger partial charge in [0.05, 0.1) is 18.3 Å². The molecule has 0 aromatic carbocycles. The van der Waals surface area contributed by atoms with Gasteiger partial charge < -0.3 is 14.9 Å². The molecule has 3 fully saturated rings. The number of rotatable bonds is 3. The molecule has 0 aliphatic heterocycles. The summed E-state index contributed by atoms with van der Waals surface area (Å²) >= 11 is 0. The smallest absolute Gasteiger partial charge is 0.302 e. The second-order valence-electron chi connectivity index (χ2n) is 6.14. The lowest BCUT2D eigenvalue weighted by atomic mass is 9.43. The van der Waals surface area contributed by atoms with Crippen LogP contribution in [0.2, 0.25) is 0 Å². The first-order chi connectivity index (χ1) is 7.78. The summed E-state index contributed by atoms with van der Waals surface area (Å²) in [4.78, 5) is 10.7. The summed E-state index contributed by atoms with van der Waals surface area (Å²) in [5.41, 5.74) is -1.00. The van der Waals surface area contributed by atoms with Crippen LogP contribution in [-0.4, -0.2) is 34.5 Å². The van der Waals surface area contributed by atoms with Crippen LogP contribution >= 0.6 is 0 Å². The highest BCUT2D eigenvalue weighted by molar-refractivity contribution is 5.65. The molecule has 98 valence electrons. The van der Waals surface area contributed by atoms with Crippen molar-refractivity contribution >= 4 is 5.97 Å². The normalized spacial score (nSPS) is 42.8. The van der Waals surface area contributed by atoms with Gasteiger partial charge in [-0.1, -0.05) is 13.8 Å². The molecular weight excluding hydrogens is 220 g/mol.